The highest BCUT2D eigenvalue weighted by molar-refractivity contribution is 4.99. The summed E-state index contributed by atoms with van der Waals surface area (Å²) in [6.07, 6.45) is 4.95. The Bertz CT molecular complexity index is 179. The van der Waals surface area contributed by atoms with Crippen LogP contribution in [0.25, 0.3) is 0 Å². The van der Waals surface area contributed by atoms with Gasteiger partial charge in [0.25, 0.3) is 0 Å². The highest BCUT2D eigenvalue weighted by Crippen LogP contribution is 2.43. The fourth-order valence-electron chi connectivity index (χ4n) is 2.58. The molecule has 1 N–H and O–H groups in total. The summed E-state index contributed by atoms with van der Waals surface area (Å²) in [5, 5.41) is 3.39. The van der Waals surface area contributed by atoms with Crippen molar-refractivity contribution in [1.82, 2.24) is 5.32 Å². The monoisotopic (exact) mass is 169 g/mol. The molecule has 0 aromatic heterocycles. The lowest BCUT2D eigenvalue weighted by Crippen LogP contribution is -2.47. The van der Waals surface area contributed by atoms with Gasteiger partial charge in [0.05, 0.1) is 12.2 Å². The first-order valence-corrected chi connectivity index (χ1v) is 4.98. The third kappa shape index (κ3) is 1.17. The van der Waals surface area contributed by atoms with E-state index in [0.717, 1.165) is 5.92 Å². The topological polar surface area (TPSA) is 21.3 Å². The molecule has 0 saturated carbocycles. The Hall–Kier alpha value is -0.0800. The van der Waals surface area contributed by atoms with E-state index < -0.39 is 0 Å². The van der Waals surface area contributed by atoms with Crippen molar-refractivity contribution < 1.29 is 4.74 Å². The van der Waals surface area contributed by atoms with E-state index in [4.69, 9.17) is 4.74 Å². The molecule has 2 nitrogen and oxygen atoms in total. The number of ether oxygens (including phenoxy) is 1. The molecule has 2 fully saturated rings. The van der Waals surface area contributed by atoms with E-state index in [2.05, 4.69) is 19.2 Å². The Balaban J connectivity index is 2.06. The van der Waals surface area contributed by atoms with E-state index in [1.54, 1.807) is 0 Å². The zero-order valence-electron chi connectivity index (χ0n) is 8.26. The van der Waals surface area contributed by atoms with Gasteiger partial charge in [-0.15, -0.1) is 0 Å². The van der Waals surface area contributed by atoms with Crippen molar-refractivity contribution in [3.63, 3.8) is 0 Å². The van der Waals surface area contributed by atoms with Crippen LogP contribution in [0.3, 0.4) is 0 Å². The molecule has 0 amide bonds. The fraction of sp³-hybridized carbons (Fsp3) is 1.00. The number of hydrogen-bond acceptors (Lipinski definition) is 2. The van der Waals surface area contributed by atoms with Crippen LogP contribution in [0.5, 0.6) is 0 Å². The van der Waals surface area contributed by atoms with Crippen LogP contribution in [0, 0.1) is 5.92 Å². The first kappa shape index (κ1) is 8.52. The minimum atomic E-state index is 0.250. The van der Waals surface area contributed by atoms with Gasteiger partial charge in [0, 0.05) is 11.5 Å². The Morgan fingerprint density at radius 1 is 1.33 bits per heavy atom. The van der Waals surface area contributed by atoms with Gasteiger partial charge in [-0.3, -0.25) is 0 Å². The third-order valence-corrected chi connectivity index (χ3v) is 3.68. The zero-order valence-corrected chi connectivity index (χ0v) is 8.26. The average molecular weight is 169 g/mol. The Morgan fingerprint density at radius 2 is 2.08 bits per heavy atom. The van der Waals surface area contributed by atoms with Crippen molar-refractivity contribution in [3.8, 4) is 0 Å². The molecule has 0 aliphatic carbocycles. The van der Waals surface area contributed by atoms with Gasteiger partial charge in [-0.25, -0.2) is 0 Å². The van der Waals surface area contributed by atoms with E-state index in [-0.39, 0.29) is 5.54 Å². The Morgan fingerprint density at radius 3 is 2.50 bits per heavy atom. The second kappa shape index (κ2) is 2.71. The molecule has 2 aliphatic heterocycles. The lowest BCUT2D eigenvalue weighted by atomic mass is 9.77. The summed E-state index contributed by atoms with van der Waals surface area (Å²) < 4.78 is 5.83. The molecule has 2 saturated heterocycles. The summed E-state index contributed by atoms with van der Waals surface area (Å²) in [5.74, 6) is 0.723. The van der Waals surface area contributed by atoms with Gasteiger partial charge in [0.2, 0.25) is 0 Å². The standard InChI is InChI=1S/C10H19NO/c1-10(2,11-3)8-6-7-4-5-9(8)12-7/h7-9,11H,4-6H2,1-3H3. The summed E-state index contributed by atoms with van der Waals surface area (Å²) >= 11 is 0. The highest BCUT2D eigenvalue weighted by Gasteiger charge is 2.46. The summed E-state index contributed by atoms with van der Waals surface area (Å²) in [7, 11) is 2.05. The molecule has 2 aliphatic rings. The number of rotatable bonds is 2. The van der Waals surface area contributed by atoms with Crippen LogP contribution in [-0.4, -0.2) is 24.8 Å². The molecular weight excluding hydrogens is 150 g/mol. The van der Waals surface area contributed by atoms with Crippen LogP contribution in [0.15, 0.2) is 0 Å². The molecule has 0 spiro atoms. The van der Waals surface area contributed by atoms with E-state index in [9.17, 15) is 0 Å². The number of fused-ring (bicyclic) bond motifs is 2. The minimum Gasteiger partial charge on any atom is -0.375 e. The van der Waals surface area contributed by atoms with Crippen LogP contribution in [0.1, 0.15) is 33.1 Å². The smallest absolute Gasteiger partial charge is 0.0626 e. The van der Waals surface area contributed by atoms with Crippen molar-refractivity contribution >= 4 is 0 Å². The predicted molar refractivity (Wildman–Crippen MR) is 49.1 cm³/mol. The predicted octanol–water partition coefficient (Wildman–Crippen LogP) is 1.55. The van der Waals surface area contributed by atoms with Crippen LogP contribution >= 0.6 is 0 Å². The van der Waals surface area contributed by atoms with Crippen molar-refractivity contribution in [2.24, 2.45) is 5.92 Å². The molecule has 0 aromatic carbocycles. The second-order valence-corrected chi connectivity index (χ2v) is 4.69. The maximum absolute atomic E-state index is 5.83. The van der Waals surface area contributed by atoms with E-state index >= 15 is 0 Å². The zero-order chi connectivity index (χ0) is 8.77. The van der Waals surface area contributed by atoms with Gasteiger partial charge < -0.3 is 10.1 Å². The van der Waals surface area contributed by atoms with Gasteiger partial charge in [-0.1, -0.05) is 0 Å². The minimum absolute atomic E-state index is 0.250. The van der Waals surface area contributed by atoms with Crippen molar-refractivity contribution in [1.29, 1.82) is 0 Å². The van der Waals surface area contributed by atoms with Gasteiger partial charge in [0.15, 0.2) is 0 Å². The SMILES string of the molecule is CNC(C)(C)C1CC2CCC1O2. The molecule has 0 radical (unpaired) electrons. The molecule has 2 heterocycles. The number of nitrogens with one attached hydrogen (secondary N) is 1. The Labute approximate surface area is 74.7 Å². The molecule has 3 atom stereocenters. The van der Waals surface area contributed by atoms with E-state index in [1.807, 2.05) is 7.05 Å². The summed E-state index contributed by atoms with van der Waals surface area (Å²) in [6.45, 7) is 4.56. The van der Waals surface area contributed by atoms with E-state index in [1.165, 1.54) is 19.3 Å². The van der Waals surface area contributed by atoms with Gasteiger partial charge in [0.1, 0.15) is 0 Å². The third-order valence-electron chi connectivity index (χ3n) is 3.68. The summed E-state index contributed by atoms with van der Waals surface area (Å²) in [6, 6.07) is 0. The van der Waals surface area contributed by atoms with Gasteiger partial charge in [-0.2, -0.15) is 0 Å². The fourth-order valence-corrected chi connectivity index (χ4v) is 2.58. The van der Waals surface area contributed by atoms with Gasteiger partial charge >= 0.3 is 0 Å². The van der Waals surface area contributed by atoms with Crippen LogP contribution in [0.4, 0.5) is 0 Å². The highest BCUT2D eigenvalue weighted by atomic mass is 16.5. The molecule has 2 bridgehead atoms. The largest absolute Gasteiger partial charge is 0.375 e. The first-order valence-electron chi connectivity index (χ1n) is 4.98. The summed E-state index contributed by atoms with van der Waals surface area (Å²) in [4.78, 5) is 0. The average Bonchev–Trinajstić information content (AvgIpc) is 2.64. The molecule has 70 valence electrons. The van der Waals surface area contributed by atoms with Crippen molar-refractivity contribution in [2.75, 3.05) is 7.05 Å². The molecule has 2 rings (SSSR count). The van der Waals surface area contributed by atoms with Gasteiger partial charge in [-0.05, 0) is 40.2 Å². The molecule has 0 aromatic rings. The molecule has 2 heteroatoms. The lowest BCUT2D eigenvalue weighted by Gasteiger charge is -2.35. The van der Waals surface area contributed by atoms with Crippen LogP contribution in [0.2, 0.25) is 0 Å². The van der Waals surface area contributed by atoms with E-state index in [0.29, 0.717) is 12.2 Å². The lowest BCUT2D eigenvalue weighted by molar-refractivity contribution is 0.0760. The Kier molecular flexibility index (Phi) is 1.92. The maximum Gasteiger partial charge on any atom is 0.0626 e. The summed E-state index contributed by atoms with van der Waals surface area (Å²) in [5.41, 5.74) is 0.250. The maximum atomic E-state index is 5.83. The van der Waals surface area contributed by atoms with Crippen molar-refractivity contribution in [3.05, 3.63) is 0 Å². The normalized spacial score (nSPS) is 40.8. The van der Waals surface area contributed by atoms with Crippen LogP contribution in [-0.2, 0) is 4.74 Å². The number of hydrogen-bond donors (Lipinski definition) is 1. The molecular formula is C10H19NO. The first-order chi connectivity index (χ1) is 5.63. The molecule has 12 heavy (non-hydrogen) atoms. The second-order valence-electron chi connectivity index (χ2n) is 4.69. The van der Waals surface area contributed by atoms with Crippen molar-refractivity contribution in [2.45, 2.75) is 50.9 Å². The van der Waals surface area contributed by atoms with Crippen LogP contribution < -0.4 is 5.32 Å². The quantitative estimate of drug-likeness (QED) is 0.677. The molecule has 3 unspecified atom stereocenters.